The van der Waals surface area contributed by atoms with Crippen LogP contribution in [0.5, 0.6) is 0 Å². The van der Waals surface area contributed by atoms with Crippen molar-refractivity contribution in [3.63, 3.8) is 0 Å². The number of halogens is 2. The molecule has 2 fully saturated rings. The van der Waals surface area contributed by atoms with Gasteiger partial charge in [0.25, 0.3) is 11.8 Å². The minimum absolute atomic E-state index is 0.0313. The quantitative estimate of drug-likeness (QED) is 0.746. The van der Waals surface area contributed by atoms with Gasteiger partial charge in [-0.15, -0.1) is 0 Å². The number of likely N-dealkylation sites (tertiary alicyclic amines) is 2. The first-order valence-electron chi connectivity index (χ1n) is 9.88. The Balaban J connectivity index is 1.61. The number of fused-ring (bicyclic) bond motifs is 1. The summed E-state index contributed by atoms with van der Waals surface area (Å²) in [6.07, 6.45) is 3.05. The summed E-state index contributed by atoms with van der Waals surface area (Å²) in [5.41, 5.74) is -0.889. The summed E-state index contributed by atoms with van der Waals surface area (Å²) >= 11 is 0. The van der Waals surface area contributed by atoms with Crippen molar-refractivity contribution in [2.75, 3.05) is 40.3 Å². The summed E-state index contributed by atoms with van der Waals surface area (Å²) in [6, 6.07) is 5.95. The summed E-state index contributed by atoms with van der Waals surface area (Å²) in [6.45, 7) is 0.638. The number of hydrogen-bond acceptors (Lipinski definition) is 4. The van der Waals surface area contributed by atoms with Gasteiger partial charge in [-0.2, -0.15) is 0 Å². The van der Waals surface area contributed by atoms with Gasteiger partial charge in [0.1, 0.15) is 11.6 Å². The Hall–Kier alpha value is -3.36. The number of hydrogen-bond donors (Lipinski definition) is 0. The zero-order valence-corrected chi connectivity index (χ0v) is 17.2. The van der Waals surface area contributed by atoms with Gasteiger partial charge in [0, 0.05) is 64.1 Å². The molecule has 4 rings (SSSR count). The second kappa shape index (κ2) is 7.72. The van der Waals surface area contributed by atoms with Gasteiger partial charge in [-0.3, -0.25) is 19.4 Å². The number of pyridine rings is 1. The van der Waals surface area contributed by atoms with E-state index in [0.29, 0.717) is 5.56 Å². The lowest BCUT2D eigenvalue weighted by atomic mass is 9.79. The highest BCUT2D eigenvalue weighted by Crippen LogP contribution is 2.44. The van der Waals surface area contributed by atoms with Crippen molar-refractivity contribution in [3.05, 3.63) is 65.5 Å². The van der Waals surface area contributed by atoms with Crippen LogP contribution in [0.2, 0.25) is 0 Å². The first kappa shape index (κ1) is 20.9. The minimum Gasteiger partial charge on any atom is -0.348 e. The second-order valence-corrected chi connectivity index (χ2v) is 8.28. The maximum absolute atomic E-state index is 14.2. The molecule has 9 heteroatoms. The van der Waals surface area contributed by atoms with Gasteiger partial charge in [-0.25, -0.2) is 8.78 Å². The Morgan fingerprint density at radius 1 is 1.00 bits per heavy atom. The smallest absolute Gasteiger partial charge is 0.256 e. The predicted molar refractivity (Wildman–Crippen MR) is 107 cm³/mol. The van der Waals surface area contributed by atoms with Gasteiger partial charge in [0.15, 0.2) is 0 Å². The van der Waals surface area contributed by atoms with Gasteiger partial charge in [0.05, 0.1) is 11.0 Å². The maximum atomic E-state index is 14.2. The van der Waals surface area contributed by atoms with Crippen LogP contribution in [0.4, 0.5) is 8.78 Å². The van der Waals surface area contributed by atoms with E-state index in [1.165, 1.54) is 22.2 Å². The number of benzene rings is 1. The molecule has 0 saturated carbocycles. The number of amides is 3. The monoisotopic (exact) mass is 428 g/mol. The van der Waals surface area contributed by atoms with Crippen molar-refractivity contribution in [1.29, 1.82) is 0 Å². The van der Waals surface area contributed by atoms with E-state index in [4.69, 9.17) is 0 Å². The van der Waals surface area contributed by atoms with E-state index in [-0.39, 0.29) is 49.5 Å². The zero-order valence-electron chi connectivity index (χ0n) is 17.2. The molecular weight excluding hydrogens is 406 g/mol. The van der Waals surface area contributed by atoms with Crippen LogP contribution in [0.25, 0.3) is 0 Å². The molecule has 162 valence electrons. The molecule has 1 aromatic heterocycles. The van der Waals surface area contributed by atoms with Crippen LogP contribution >= 0.6 is 0 Å². The molecule has 0 N–H and O–H groups in total. The molecule has 0 bridgehead atoms. The van der Waals surface area contributed by atoms with Crippen LogP contribution < -0.4 is 0 Å². The highest BCUT2D eigenvalue weighted by atomic mass is 19.1. The molecule has 31 heavy (non-hydrogen) atoms. The van der Waals surface area contributed by atoms with Crippen LogP contribution in [0.3, 0.4) is 0 Å². The molecule has 1 aromatic carbocycles. The number of carbonyl (C=O) groups is 3. The van der Waals surface area contributed by atoms with Crippen LogP contribution in [0, 0.1) is 23.0 Å². The van der Waals surface area contributed by atoms with Crippen molar-refractivity contribution in [2.24, 2.45) is 11.3 Å². The topological polar surface area (TPSA) is 73.8 Å². The van der Waals surface area contributed by atoms with Crippen molar-refractivity contribution < 1.29 is 23.2 Å². The van der Waals surface area contributed by atoms with Crippen molar-refractivity contribution >= 4 is 17.7 Å². The van der Waals surface area contributed by atoms with Crippen LogP contribution in [0.15, 0.2) is 42.7 Å². The van der Waals surface area contributed by atoms with Gasteiger partial charge in [0.2, 0.25) is 5.91 Å². The van der Waals surface area contributed by atoms with Gasteiger partial charge >= 0.3 is 0 Å². The highest BCUT2D eigenvalue weighted by molar-refractivity contribution is 5.97. The molecule has 0 radical (unpaired) electrons. The molecule has 0 aliphatic carbocycles. The Kier molecular flexibility index (Phi) is 5.20. The van der Waals surface area contributed by atoms with E-state index in [1.807, 2.05) is 0 Å². The molecule has 0 unspecified atom stereocenters. The Bertz CT molecular complexity index is 1050. The molecule has 2 aliphatic heterocycles. The number of aromatic nitrogens is 1. The van der Waals surface area contributed by atoms with Gasteiger partial charge < -0.3 is 14.7 Å². The summed E-state index contributed by atoms with van der Waals surface area (Å²) in [7, 11) is 3.25. The lowest BCUT2D eigenvalue weighted by molar-refractivity contribution is -0.139. The van der Waals surface area contributed by atoms with E-state index in [0.717, 1.165) is 18.2 Å². The number of carbonyl (C=O) groups excluding carboxylic acids is 3. The standard InChI is InChI=1S/C22H22F2N4O3/c1-26(2)21(31)22-12-27(19(29)14-5-7-25-8-6-14)10-15(22)11-28(13-22)20(30)17-9-16(23)3-4-18(17)24/h3-9,15H,10-13H2,1-2H3/t15-,22-/m0/s1. The Morgan fingerprint density at radius 2 is 1.61 bits per heavy atom. The summed E-state index contributed by atoms with van der Waals surface area (Å²) < 4.78 is 27.7. The van der Waals surface area contributed by atoms with E-state index in [1.54, 1.807) is 31.1 Å². The molecule has 0 spiro atoms. The Morgan fingerprint density at radius 3 is 2.23 bits per heavy atom. The van der Waals surface area contributed by atoms with Crippen LogP contribution in [-0.4, -0.2) is 77.7 Å². The number of nitrogens with zero attached hydrogens (tertiary/aromatic N) is 4. The van der Waals surface area contributed by atoms with Crippen molar-refractivity contribution in [1.82, 2.24) is 19.7 Å². The van der Waals surface area contributed by atoms with Crippen LogP contribution in [-0.2, 0) is 4.79 Å². The van der Waals surface area contributed by atoms with E-state index in [2.05, 4.69) is 4.98 Å². The fraction of sp³-hybridized carbons (Fsp3) is 0.364. The normalized spacial score (nSPS) is 22.4. The second-order valence-electron chi connectivity index (χ2n) is 8.28. The van der Waals surface area contributed by atoms with E-state index >= 15 is 0 Å². The molecule has 2 saturated heterocycles. The first-order valence-corrected chi connectivity index (χ1v) is 9.88. The molecule has 3 amide bonds. The van der Waals surface area contributed by atoms with E-state index < -0.39 is 23.0 Å². The molecule has 3 heterocycles. The fourth-order valence-electron chi connectivity index (χ4n) is 4.63. The molecule has 2 atom stereocenters. The third-order valence-electron chi connectivity index (χ3n) is 6.10. The highest BCUT2D eigenvalue weighted by Gasteiger charge is 2.59. The van der Waals surface area contributed by atoms with Crippen molar-refractivity contribution in [2.45, 2.75) is 0 Å². The number of rotatable bonds is 3. The average molecular weight is 428 g/mol. The third kappa shape index (κ3) is 3.54. The fourth-order valence-corrected chi connectivity index (χ4v) is 4.63. The lowest BCUT2D eigenvalue weighted by Crippen LogP contribution is -2.48. The largest absolute Gasteiger partial charge is 0.348 e. The lowest BCUT2D eigenvalue weighted by Gasteiger charge is -2.30. The van der Waals surface area contributed by atoms with Gasteiger partial charge in [-0.05, 0) is 30.3 Å². The first-order chi connectivity index (χ1) is 14.7. The Labute approximate surface area is 178 Å². The third-order valence-corrected chi connectivity index (χ3v) is 6.10. The SMILES string of the molecule is CN(C)C(=O)[C@]12CN(C(=O)c3ccncc3)C[C@H]1CN(C(=O)c1cc(F)ccc1F)C2. The molecule has 7 nitrogen and oxygen atoms in total. The zero-order chi connectivity index (χ0) is 22.3. The van der Waals surface area contributed by atoms with E-state index in [9.17, 15) is 23.2 Å². The maximum Gasteiger partial charge on any atom is 0.256 e. The average Bonchev–Trinajstić information content (AvgIpc) is 3.30. The van der Waals surface area contributed by atoms with Gasteiger partial charge in [-0.1, -0.05) is 0 Å². The summed E-state index contributed by atoms with van der Waals surface area (Å²) in [5, 5.41) is 0. The minimum atomic E-state index is -0.994. The molecular formula is C22H22F2N4O3. The molecule has 2 aromatic rings. The molecule has 2 aliphatic rings. The predicted octanol–water partition coefficient (Wildman–Crippen LogP) is 1.66. The van der Waals surface area contributed by atoms with Crippen LogP contribution in [0.1, 0.15) is 20.7 Å². The summed E-state index contributed by atoms with van der Waals surface area (Å²) in [5.74, 6) is -2.91. The van der Waals surface area contributed by atoms with Crippen molar-refractivity contribution in [3.8, 4) is 0 Å². The summed E-state index contributed by atoms with van der Waals surface area (Å²) in [4.78, 5) is 47.4.